The molecule has 2 aromatic rings. The number of hydrogen-bond acceptors (Lipinski definition) is 8. The average molecular weight is 475 g/mol. The summed E-state index contributed by atoms with van der Waals surface area (Å²) in [5, 5.41) is 4.00. The summed E-state index contributed by atoms with van der Waals surface area (Å²) in [6.07, 6.45) is 1.17. The van der Waals surface area contributed by atoms with E-state index in [0.29, 0.717) is 43.5 Å². The Morgan fingerprint density at radius 2 is 1.85 bits per heavy atom. The predicted octanol–water partition coefficient (Wildman–Crippen LogP) is 3.37. The fourth-order valence-electron chi connectivity index (χ4n) is 3.46. The molecule has 1 saturated heterocycles. The van der Waals surface area contributed by atoms with Crippen molar-refractivity contribution >= 4 is 12.0 Å². The standard InChI is InChI=1S/C24H34N4O6/c1-24(2,3)33-23(30)28-12-10-19(11-13-28)32-16-20-25-21(34-26-20)17-6-8-18(9-7-17)22(29)27(4)14-15-31-5/h6-9,19H,10-16H2,1-5H3. The second kappa shape index (κ2) is 11.4. The maximum atomic E-state index is 12.4. The molecule has 2 amide bonds. The molecule has 2 heterocycles. The van der Waals surface area contributed by atoms with E-state index in [9.17, 15) is 9.59 Å². The van der Waals surface area contributed by atoms with Crippen LogP contribution < -0.4 is 0 Å². The van der Waals surface area contributed by atoms with Gasteiger partial charge in [0.15, 0.2) is 5.82 Å². The Morgan fingerprint density at radius 3 is 2.47 bits per heavy atom. The molecular formula is C24H34N4O6. The van der Waals surface area contributed by atoms with Gasteiger partial charge in [-0.05, 0) is 57.9 Å². The van der Waals surface area contributed by atoms with Crippen molar-refractivity contribution in [2.75, 3.05) is 40.4 Å². The molecule has 0 unspecified atom stereocenters. The van der Waals surface area contributed by atoms with Gasteiger partial charge in [0.25, 0.3) is 11.8 Å². The van der Waals surface area contributed by atoms with Gasteiger partial charge in [-0.3, -0.25) is 4.79 Å². The highest BCUT2D eigenvalue weighted by Gasteiger charge is 2.27. The van der Waals surface area contributed by atoms with Crippen molar-refractivity contribution in [3.05, 3.63) is 35.7 Å². The van der Waals surface area contributed by atoms with Crippen molar-refractivity contribution in [2.24, 2.45) is 0 Å². The maximum Gasteiger partial charge on any atom is 0.410 e. The van der Waals surface area contributed by atoms with E-state index < -0.39 is 5.60 Å². The largest absolute Gasteiger partial charge is 0.444 e. The van der Waals surface area contributed by atoms with Crippen LogP contribution >= 0.6 is 0 Å². The van der Waals surface area contributed by atoms with Crippen LogP contribution in [-0.2, 0) is 20.8 Å². The Morgan fingerprint density at radius 1 is 1.18 bits per heavy atom. The molecule has 186 valence electrons. The Hall–Kier alpha value is -2.98. The number of likely N-dealkylation sites (N-methyl/N-ethyl adjacent to an activating group) is 1. The third kappa shape index (κ3) is 7.26. The summed E-state index contributed by atoms with van der Waals surface area (Å²) in [6, 6.07) is 7.03. The quantitative estimate of drug-likeness (QED) is 0.573. The van der Waals surface area contributed by atoms with Gasteiger partial charge in [-0.2, -0.15) is 4.98 Å². The highest BCUT2D eigenvalue weighted by molar-refractivity contribution is 5.94. The number of amides is 2. The Labute approximate surface area is 200 Å². The van der Waals surface area contributed by atoms with E-state index in [0.717, 1.165) is 18.4 Å². The summed E-state index contributed by atoms with van der Waals surface area (Å²) in [5.74, 6) is 0.732. The van der Waals surface area contributed by atoms with Crippen LogP contribution in [0.2, 0.25) is 0 Å². The first kappa shape index (κ1) is 25.6. The molecule has 1 aromatic carbocycles. The average Bonchev–Trinajstić information content (AvgIpc) is 3.29. The molecule has 1 fully saturated rings. The van der Waals surface area contributed by atoms with Gasteiger partial charge >= 0.3 is 6.09 Å². The number of nitrogens with zero attached hydrogens (tertiary/aromatic N) is 4. The fourth-order valence-corrected chi connectivity index (χ4v) is 3.46. The molecular weight excluding hydrogens is 440 g/mol. The number of aromatic nitrogens is 2. The molecule has 0 atom stereocenters. The number of likely N-dealkylation sites (tertiary alicyclic amines) is 1. The molecule has 10 heteroatoms. The summed E-state index contributed by atoms with van der Waals surface area (Å²) in [7, 11) is 3.34. The van der Waals surface area contributed by atoms with Crippen molar-refractivity contribution in [3.8, 4) is 11.5 Å². The van der Waals surface area contributed by atoms with Gasteiger partial charge < -0.3 is 28.5 Å². The molecule has 3 rings (SSSR count). The minimum atomic E-state index is -0.503. The lowest BCUT2D eigenvalue weighted by atomic mass is 10.1. The number of carbonyl (C=O) groups is 2. The van der Waals surface area contributed by atoms with E-state index in [1.54, 1.807) is 48.2 Å². The normalized spacial score (nSPS) is 14.8. The Kier molecular flexibility index (Phi) is 8.62. The monoisotopic (exact) mass is 474 g/mol. The van der Waals surface area contributed by atoms with Crippen LogP contribution in [0.5, 0.6) is 0 Å². The third-order valence-corrected chi connectivity index (χ3v) is 5.37. The molecule has 0 bridgehead atoms. The van der Waals surface area contributed by atoms with Crippen LogP contribution in [0.1, 0.15) is 49.8 Å². The minimum absolute atomic E-state index is 0.0148. The van der Waals surface area contributed by atoms with E-state index in [4.69, 9.17) is 18.7 Å². The van der Waals surface area contributed by atoms with Gasteiger partial charge in [-0.25, -0.2) is 4.79 Å². The van der Waals surface area contributed by atoms with Crippen molar-refractivity contribution in [3.63, 3.8) is 0 Å². The summed E-state index contributed by atoms with van der Waals surface area (Å²) >= 11 is 0. The highest BCUT2D eigenvalue weighted by atomic mass is 16.6. The van der Waals surface area contributed by atoms with Crippen LogP contribution in [0.25, 0.3) is 11.5 Å². The predicted molar refractivity (Wildman–Crippen MR) is 124 cm³/mol. The second-order valence-corrected chi connectivity index (χ2v) is 9.29. The molecule has 0 saturated carbocycles. The van der Waals surface area contributed by atoms with E-state index >= 15 is 0 Å². The zero-order chi connectivity index (χ0) is 24.7. The molecule has 10 nitrogen and oxygen atoms in total. The summed E-state index contributed by atoms with van der Waals surface area (Å²) < 4.78 is 21.7. The van der Waals surface area contributed by atoms with Crippen molar-refractivity contribution in [1.29, 1.82) is 0 Å². The van der Waals surface area contributed by atoms with E-state index in [2.05, 4.69) is 10.1 Å². The first-order chi connectivity index (χ1) is 16.2. The van der Waals surface area contributed by atoms with E-state index in [1.165, 1.54) is 0 Å². The number of rotatable bonds is 8. The van der Waals surface area contributed by atoms with Gasteiger partial charge in [0.2, 0.25) is 0 Å². The molecule has 0 N–H and O–H groups in total. The summed E-state index contributed by atoms with van der Waals surface area (Å²) in [5.41, 5.74) is 0.792. The van der Waals surface area contributed by atoms with Gasteiger partial charge in [-0.15, -0.1) is 0 Å². The Balaban J connectivity index is 1.47. The molecule has 0 radical (unpaired) electrons. The number of benzene rings is 1. The lowest BCUT2D eigenvalue weighted by Gasteiger charge is -2.33. The minimum Gasteiger partial charge on any atom is -0.444 e. The van der Waals surface area contributed by atoms with Crippen LogP contribution in [0, 0.1) is 0 Å². The number of carbonyl (C=O) groups excluding carboxylic acids is 2. The third-order valence-electron chi connectivity index (χ3n) is 5.37. The van der Waals surface area contributed by atoms with Crippen molar-refractivity contribution in [1.82, 2.24) is 19.9 Å². The molecule has 1 aliphatic rings. The molecule has 1 aliphatic heterocycles. The zero-order valence-corrected chi connectivity index (χ0v) is 20.6. The second-order valence-electron chi connectivity index (χ2n) is 9.29. The van der Waals surface area contributed by atoms with Crippen molar-refractivity contribution < 1.29 is 28.3 Å². The lowest BCUT2D eigenvalue weighted by molar-refractivity contribution is -0.0190. The molecule has 0 spiro atoms. The van der Waals surface area contributed by atoms with Crippen molar-refractivity contribution in [2.45, 2.75) is 51.9 Å². The van der Waals surface area contributed by atoms with Crippen LogP contribution in [-0.4, -0.2) is 84.0 Å². The van der Waals surface area contributed by atoms with E-state index in [-0.39, 0.29) is 24.7 Å². The van der Waals surface area contributed by atoms with Crippen LogP contribution in [0.3, 0.4) is 0 Å². The van der Waals surface area contributed by atoms with Gasteiger partial charge in [0.05, 0.1) is 12.7 Å². The number of hydrogen-bond donors (Lipinski definition) is 0. The topological polar surface area (TPSA) is 107 Å². The first-order valence-corrected chi connectivity index (χ1v) is 11.4. The van der Waals surface area contributed by atoms with E-state index in [1.807, 2.05) is 20.8 Å². The number of ether oxygens (including phenoxy) is 3. The van der Waals surface area contributed by atoms with Gasteiger partial charge in [0, 0.05) is 44.9 Å². The number of methoxy groups -OCH3 is 1. The van der Waals surface area contributed by atoms with Crippen LogP contribution in [0.4, 0.5) is 4.79 Å². The summed E-state index contributed by atoms with van der Waals surface area (Å²) in [6.45, 7) is 7.97. The molecule has 1 aromatic heterocycles. The first-order valence-electron chi connectivity index (χ1n) is 11.4. The summed E-state index contributed by atoms with van der Waals surface area (Å²) in [4.78, 5) is 32.3. The molecule has 34 heavy (non-hydrogen) atoms. The number of piperidine rings is 1. The smallest absolute Gasteiger partial charge is 0.410 e. The lowest BCUT2D eigenvalue weighted by Crippen LogP contribution is -2.43. The van der Waals surface area contributed by atoms with Gasteiger partial charge in [-0.1, -0.05) is 5.16 Å². The fraction of sp³-hybridized carbons (Fsp3) is 0.583. The molecule has 0 aliphatic carbocycles. The maximum absolute atomic E-state index is 12.4. The zero-order valence-electron chi connectivity index (χ0n) is 20.6. The highest BCUT2D eigenvalue weighted by Crippen LogP contribution is 2.21. The SMILES string of the molecule is COCCN(C)C(=O)c1ccc(-c2nc(COC3CCN(C(=O)OC(C)(C)C)CC3)no2)cc1. The van der Waals surface area contributed by atoms with Crippen LogP contribution in [0.15, 0.2) is 28.8 Å². The Bertz CT molecular complexity index is 945. The van der Waals surface area contributed by atoms with Gasteiger partial charge in [0.1, 0.15) is 12.2 Å².